The van der Waals surface area contributed by atoms with Gasteiger partial charge in [-0.2, -0.15) is 5.26 Å². The monoisotopic (exact) mass is 213 g/mol. The van der Waals surface area contributed by atoms with Gasteiger partial charge in [0.1, 0.15) is 11.7 Å². The standard InChI is InChI=1S/C13H15N3/c1-9(2)16-12-7-5-4-6-11(12)15-13(16)10(3)8-14/h4-7,9-10H,1-3H3. The molecule has 0 bridgehead atoms. The number of benzene rings is 1. The molecule has 0 aliphatic rings. The van der Waals surface area contributed by atoms with Crippen LogP contribution in [0.25, 0.3) is 11.0 Å². The fraction of sp³-hybridized carbons (Fsp3) is 0.385. The van der Waals surface area contributed by atoms with Crippen LogP contribution in [0, 0.1) is 11.3 Å². The van der Waals surface area contributed by atoms with Crippen LogP contribution in [-0.4, -0.2) is 9.55 Å². The molecule has 82 valence electrons. The second-order valence-electron chi connectivity index (χ2n) is 4.27. The molecule has 1 aromatic heterocycles. The summed E-state index contributed by atoms with van der Waals surface area (Å²) >= 11 is 0. The zero-order chi connectivity index (χ0) is 11.7. The van der Waals surface area contributed by atoms with E-state index in [0.717, 1.165) is 16.9 Å². The third-order valence-electron chi connectivity index (χ3n) is 2.72. The topological polar surface area (TPSA) is 41.6 Å². The van der Waals surface area contributed by atoms with Crippen molar-refractivity contribution < 1.29 is 0 Å². The van der Waals surface area contributed by atoms with Crippen LogP contribution in [0.3, 0.4) is 0 Å². The van der Waals surface area contributed by atoms with Crippen molar-refractivity contribution in [1.29, 1.82) is 5.26 Å². The molecule has 0 aliphatic carbocycles. The number of hydrogen-bond donors (Lipinski definition) is 0. The summed E-state index contributed by atoms with van der Waals surface area (Å²) in [5.74, 6) is 0.688. The Balaban J connectivity index is 2.74. The van der Waals surface area contributed by atoms with Crippen LogP contribution in [0.1, 0.15) is 38.6 Å². The van der Waals surface area contributed by atoms with Gasteiger partial charge < -0.3 is 4.57 Å². The Hall–Kier alpha value is -1.82. The number of aromatic nitrogens is 2. The van der Waals surface area contributed by atoms with Crippen molar-refractivity contribution in [3.05, 3.63) is 30.1 Å². The van der Waals surface area contributed by atoms with Gasteiger partial charge in [0.05, 0.1) is 17.1 Å². The van der Waals surface area contributed by atoms with Crippen LogP contribution in [0.2, 0.25) is 0 Å². The van der Waals surface area contributed by atoms with E-state index in [1.165, 1.54) is 0 Å². The number of hydrogen-bond acceptors (Lipinski definition) is 2. The zero-order valence-electron chi connectivity index (χ0n) is 9.81. The summed E-state index contributed by atoms with van der Waals surface area (Å²) in [6.45, 7) is 6.11. The molecule has 1 unspecified atom stereocenters. The van der Waals surface area contributed by atoms with Crippen molar-refractivity contribution >= 4 is 11.0 Å². The lowest BCUT2D eigenvalue weighted by atomic mass is 10.2. The van der Waals surface area contributed by atoms with E-state index in [-0.39, 0.29) is 5.92 Å². The fourth-order valence-corrected chi connectivity index (χ4v) is 1.97. The molecule has 0 radical (unpaired) electrons. The molecule has 0 saturated heterocycles. The van der Waals surface area contributed by atoms with Crippen LogP contribution < -0.4 is 0 Å². The minimum absolute atomic E-state index is 0.171. The molecule has 3 heteroatoms. The molecule has 0 aliphatic heterocycles. The zero-order valence-corrected chi connectivity index (χ0v) is 9.81. The van der Waals surface area contributed by atoms with Crippen LogP contribution >= 0.6 is 0 Å². The van der Waals surface area contributed by atoms with E-state index in [2.05, 4.69) is 35.5 Å². The second kappa shape index (κ2) is 3.97. The molecule has 3 nitrogen and oxygen atoms in total. The Morgan fingerprint density at radius 3 is 2.56 bits per heavy atom. The SMILES string of the molecule is CC(C#N)c1nc2ccccc2n1C(C)C. The van der Waals surface area contributed by atoms with Crippen molar-refractivity contribution in [1.82, 2.24) is 9.55 Å². The van der Waals surface area contributed by atoms with E-state index in [1.54, 1.807) is 0 Å². The minimum atomic E-state index is -0.171. The molecule has 16 heavy (non-hydrogen) atoms. The lowest BCUT2D eigenvalue weighted by molar-refractivity contribution is 0.577. The van der Waals surface area contributed by atoms with Gasteiger partial charge in [0, 0.05) is 6.04 Å². The molecule has 2 aromatic rings. The van der Waals surface area contributed by atoms with Crippen LogP contribution in [-0.2, 0) is 0 Å². The van der Waals surface area contributed by atoms with Gasteiger partial charge in [0.15, 0.2) is 0 Å². The van der Waals surface area contributed by atoms with Crippen LogP contribution in [0.5, 0.6) is 0 Å². The number of para-hydroxylation sites is 2. The maximum atomic E-state index is 9.02. The molecule has 0 amide bonds. The first-order chi connectivity index (χ1) is 7.65. The van der Waals surface area contributed by atoms with E-state index in [4.69, 9.17) is 5.26 Å². The molecule has 0 saturated carbocycles. The van der Waals surface area contributed by atoms with Gasteiger partial charge in [-0.15, -0.1) is 0 Å². The normalized spacial score (nSPS) is 12.9. The van der Waals surface area contributed by atoms with Crippen LogP contribution in [0.15, 0.2) is 24.3 Å². The number of nitriles is 1. The summed E-state index contributed by atoms with van der Waals surface area (Å²) in [5.41, 5.74) is 2.07. The van der Waals surface area contributed by atoms with Gasteiger partial charge in [-0.25, -0.2) is 4.98 Å². The number of nitrogens with zero attached hydrogens (tertiary/aromatic N) is 3. The highest BCUT2D eigenvalue weighted by atomic mass is 15.1. The quantitative estimate of drug-likeness (QED) is 0.768. The highest BCUT2D eigenvalue weighted by Crippen LogP contribution is 2.25. The maximum Gasteiger partial charge on any atom is 0.127 e. The van der Waals surface area contributed by atoms with Crippen molar-refractivity contribution in [2.45, 2.75) is 32.7 Å². The van der Waals surface area contributed by atoms with E-state index in [9.17, 15) is 0 Å². The average Bonchev–Trinajstić information content (AvgIpc) is 2.67. The highest BCUT2D eigenvalue weighted by Gasteiger charge is 2.17. The molecular weight excluding hydrogens is 198 g/mol. The van der Waals surface area contributed by atoms with E-state index in [1.807, 2.05) is 25.1 Å². The van der Waals surface area contributed by atoms with Gasteiger partial charge in [-0.05, 0) is 32.9 Å². The van der Waals surface area contributed by atoms with Crippen molar-refractivity contribution in [2.24, 2.45) is 0 Å². The predicted molar refractivity (Wildman–Crippen MR) is 64.1 cm³/mol. The highest BCUT2D eigenvalue weighted by molar-refractivity contribution is 5.76. The first-order valence-corrected chi connectivity index (χ1v) is 5.51. The summed E-state index contributed by atoms with van der Waals surface area (Å²) in [7, 11) is 0. The molecular formula is C13H15N3. The van der Waals surface area contributed by atoms with Gasteiger partial charge in [-0.1, -0.05) is 12.1 Å². The first kappa shape index (κ1) is 10.7. The Labute approximate surface area is 95.3 Å². The first-order valence-electron chi connectivity index (χ1n) is 5.51. The Morgan fingerprint density at radius 2 is 1.94 bits per heavy atom. The van der Waals surface area contributed by atoms with Gasteiger partial charge in [0.25, 0.3) is 0 Å². The average molecular weight is 213 g/mol. The molecule has 1 atom stereocenters. The summed E-state index contributed by atoms with van der Waals surface area (Å²) < 4.78 is 2.14. The third kappa shape index (κ3) is 1.57. The van der Waals surface area contributed by atoms with E-state index in [0.29, 0.717) is 6.04 Å². The Morgan fingerprint density at radius 1 is 1.25 bits per heavy atom. The van der Waals surface area contributed by atoms with E-state index < -0.39 is 0 Å². The van der Waals surface area contributed by atoms with Gasteiger partial charge in [-0.3, -0.25) is 0 Å². The second-order valence-corrected chi connectivity index (χ2v) is 4.27. The van der Waals surface area contributed by atoms with E-state index >= 15 is 0 Å². The molecule has 1 aromatic carbocycles. The Bertz CT molecular complexity index is 546. The summed E-state index contributed by atoms with van der Waals surface area (Å²) in [6, 6.07) is 10.6. The number of imidazole rings is 1. The lowest BCUT2D eigenvalue weighted by Crippen LogP contribution is -2.08. The van der Waals surface area contributed by atoms with Crippen molar-refractivity contribution in [3.8, 4) is 6.07 Å². The van der Waals surface area contributed by atoms with Crippen molar-refractivity contribution in [2.75, 3.05) is 0 Å². The molecule has 0 fully saturated rings. The number of rotatable bonds is 2. The smallest absolute Gasteiger partial charge is 0.127 e. The summed E-state index contributed by atoms with van der Waals surface area (Å²) in [6.07, 6.45) is 0. The molecule has 0 N–H and O–H groups in total. The minimum Gasteiger partial charge on any atom is -0.324 e. The number of fused-ring (bicyclic) bond motifs is 1. The van der Waals surface area contributed by atoms with Crippen molar-refractivity contribution in [3.63, 3.8) is 0 Å². The third-order valence-corrected chi connectivity index (χ3v) is 2.72. The largest absolute Gasteiger partial charge is 0.324 e. The maximum absolute atomic E-state index is 9.02. The summed E-state index contributed by atoms with van der Waals surface area (Å²) in [4.78, 5) is 4.55. The Kier molecular flexibility index (Phi) is 2.66. The molecule has 1 heterocycles. The van der Waals surface area contributed by atoms with Gasteiger partial charge >= 0.3 is 0 Å². The fourth-order valence-electron chi connectivity index (χ4n) is 1.97. The molecule has 2 rings (SSSR count). The lowest BCUT2D eigenvalue weighted by Gasteiger charge is -2.13. The molecule has 0 spiro atoms. The summed E-state index contributed by atoms with van der Waals surface area (Å²) in [5, 5.41) is 9.02. The van der Waals surface area contributed by atoms with Crippen LogP contribution in [0.4, 0.5) is 0 Å². The predicted octanol–water partition coefficient (Wildman–Crippen LogP) is 3.24. The van der Waals surface area contributed by atoms with Gasteiger partial charge in [0.2, 0.25) is 0 Å².